The van der Waals surface area contributed by atoms with Gasteiger partial charge in [0, 0.05) is 37.7 Å². The average Bonchev–Trinajstić information content (AvgIpc) is 3.32. The van der Waals surface area contributed by atoms with Crippen LogP contribution in [0.25, 0.3) is 0 Å². The number of anilines is 1. The Hall–Kier alpha value is -1.66. The van der Waals surface area contributed by atoms with Crippen molar-refractivity contribution in [2.75, 3.05) is 31.7 Å². The SMILES string of the molecule is O=C(Nc1cc2c(cc1Cl)OCCCO2)N(C[C@@H]1CCCO1)C1CCCC1. The Morgan fingerprint density at radius 1 is 1.04 bits per heavy atom. The van der Waals surface area contributed by atoms with Crippen molar-refractivity contribution in [3.8, 4) is 11.5 Å². The van der Waals surface area contributed by atoms with E-state index in [0.717, 1.165) is 38.7 Å². The van der Waals surface area contributed by atoms with E-state index in [1.165, 1.54) is 12.8 Å². The molecule has 2 fully saturated rings. The van der Waals surface area contributed by atoms with E-state index in [2.05, 4.69) is 5.32 Å². The first-order chi connectivity index (χ1) is 13.2. The largest absolute Gasteiger partial charge is 0.490 e. The van der Waals surface area contributed by atoms with Crippen molar-refractivity contribution < 1.29 is 19.0 Å². The number of benzene rings is 1. The first kappa shape index (κ1) is 18.7. The number of nitrogens with one attached hydrogen (secondary N) is 1. The summed E-state index contributed by atoms with van der Waals surface area (Å²) in [6, 6.07) is 3.64. The molecule has 0 unspecified atom stereocenters. The molecule has 0 radical (unpaired) electrons. The van der Waals surface area contributed by atoms with Gasteiger partial charge in [0.2, 0.25) is 0 Å². The molecular formula is C20H27ClN2O4. The third-order valence-corrected chi connectivity index (χ3v) is 5.84. The number of rotatable bonds is 4. The minimum atomic E-state index is -0.117. The van der Waals surface area contributed by atoms with E-state index in [4.69, 9.17) is 25.8 Å². The summed E-state index contributed by atoms with van der Waals surface area (Å²) in [5.41, 5.74) is 0.557. The Balaban J connectivity index is 1.50. The number of ether oxygens (including phenoxy) is 3. The normalized spacial score (nSPS) is 22.5. The molecule has 1 aromatic rings. The van der Waals surface area contributed by atoms with Crippen molar-refractivity contribution in [2.45, 2.75) is 57.1 Å². The molecule has 0 spiro atoms. The first-order valence-electron chi connectivity index (χ1n) is 9.99. The van der Waals surface area contributed by atoms with Gasteiger partial charge in [0.25, 0.3) is 0 Å². The van der Waals surface area contributed by atoms with Crippen LogP contribution in [0.5, 0.6) is 11.5 Å². The Bertz CT molecular complexity index is 672. The average molecular weight is 395 g/mol. The number of amides is 2. The molecule has 7 heteroatoms. The minimum Gasteiger partial charge on any atom is -0.490 e. The van der Waals surface area contributed by atoms with Crippen LogP contribution in [-0.2, 0) is 4.74 Å². The Morgan fingerprint density at radius 3 is 2.48 bits per heavy atom. The second-order valence-corrected chi connectivity index (χ2v) is 7.89. The molecule has 1 saturated carbocycles. The summed E-state index contributed by atoms with van der Waals surface area (Å²) in [5, 5.41) is 3.45. The highest BCUT2D eigenvalue weighted by molar-refractivity contribution is 6.34. The number of fused-ring (bicyclic) bond motifs is 1. The second-order valence-electron chi connectivity index (χ2n) is 7.49. The van der Waals surface area contributed by atoms with Crippen molar-refractivity contribution >= 4 is 23.3 Å². The maximum absolute atomic E-state index is 13.1. The van der Waals surface area contributed by atoms with Crippen molar-refractivity contribution in [2.24, 2.45) is 0 Å². The molecule has 0 bridgehead atoms. The molecule has 1 N–H and O–H groups in total. The Labute approximate surface area is 165 Å². The van der Waals surface area contributed by atoms with Crippen LogP contribution in [0, 0.1) is 0 Å². The lowest BCUT2D eigenvalue weighted by Gasteiger charge is -2.31. The van der Waals surface area contributed by atoms with Gasteiger partial charge in [0.15, 0.2) is 11.5 Å². The van der Waals surface area contributed by atoms with E-state index < -0.39 is 0 Å². The van der Waals surface area contributed by atoms with Crippen LogP contribution < -0.4 is 14.8 Å². The quantitative estimate of drug-likeness (QED) is 0.819. The van der Waals surface area contributed by atoms with Gasteiger partial charge >= 0.3 is 6.03 Å². The van der Waals surface area contributed by atoms with Crippen molar-refractivity contribution in [3.05, 3.63) is 17.2 Å². The standard InChI is InChI=1S/C20H27ClN2O4/c21-16-11-18-19(27-10-4-9-26-18)12-17(16)22-20(24)23(14-5-1-2-6-14)13-15-7-3-8-25-15/h11-12,14-15H,1-10,13H2,(H,22,24)/t15-/m0/s1. The highest BCUT2D eigenvalue weighted by atomic mass is 35.5. The lowest BCUT2D eigenvalue weighted by molar-refractivity contribution is 0.0729. The van der Waals surface area contributed by atoms with Gasteiger partial charge < -0.3 is 24.4 Å². The molecule has 3 aliphatic rings. The van der Waals surface area contributed by atoms with Gasteiger partial charge in [-0.05, 0) is 25.7 Å². The fourth-order valence-corrected chi connectivity index (χ4v) is 4.29. The monoisotopic (exact) mass is 394 g/mol. The zero-order chi connectivity index (χ0) is 18.6. The van der Waals surface area contributed by atoms with E-state index in [9.17, 15) is 4.79 Å². The number of nitrogens with zero attached hydrogens (tertiary/aromatic N) is 1. The maximum Gasteiger partial charge on any atom is 0.322 e. The van der Waals surface area contributed by atoms with Gasteiger partial charge in [-0.15, -0.1) is 0 Å². The summed E-state index contributed by atoms with van der Waals surface area (Å²) in [6.07, 6.45) is 7.49. The number of carbonyl (C=O) groups excluding carboxylic acids is 1. The van der Waals surface area contributed by atoms with Crippen LogP contribution in [0.4, 0.5) is 10.5 Å². The fraction of sp³-hybridized carbons (Fsp3) is 0.650. The lowest BCUT2D eigenvalue weighted by atomic mass is 10.1. The number of hydrogen-bond donors (Lipinski definition) is 1. The van der Waals surface area contributed by atoms with E-state index in [0.29, 0.717) is 42.0 Å². The van der Waals surface area contributed by atoms with Gasteiger partial charge in [-0.1, -0.05) is 24.4 Å². The third-order valence-electron chi connectivity index (χ3n) is 5.53. The summed E-state index contributed by atoms with van der Waals surface area (Å²) in [6.45, 7) is 2.62. The molecule has 2 heterocycles. The molecule has 0 aromatic heterocycles. The first-order valence-corrected chi connectivity index (χ1v) is 10.4. The fourth-order valence-electron chi connectivity index (χ4n) is 4.09. The molecule has 1 saturated heterocycles. The van der Waals surface area contributed by atoms with Crippen LogP contribution in [0.2, 0.25) is 5.02 Å². The van der Waals surface area contributed by atoms with E-state index >= 15 is 0 Å². The van der Waals surface area contributed by atoms with Gasteiger partial charge in [0.1, 0.15) is 0 Å². The molecule has 148 valence electrons. The summed E-state index contributed by atoms with van der Waals surface area (Å²) < 4.78 is 17.2. The minimum absolute atomic E-state index is 0.117. The summed E-state index contributed by atoms with van der Waals surface area (Å²) in [7, 11) is 0. The summed E-state index contributed by atoms with van der Waals surface area (Å²) >= 11 is 6.40. The predicted molar refractivity (Wildman–Crippen MR) is 104 cm³/mol. The number of carbonyl (C=O) groups is 1. The molecule has 1 atom stereocenters. The molecule has 1 aromatic carbocycles. The summed E-state index contributed by atoms with van der Waals surface area (Å²) in [4.78, 5) is 15.1. The summed E-state index contributed by atoms with van der Waals surface area (Å²) in [5.74, 6) is 1.25. The van der Waals surface area contributed by atoms with Gasteiger partial charge in [-0.3, -0.25) is 0 Å². The van der Waals surface area contributed by atoms with E-state index in [-0.39, 0.29) is 18.2 Å². The topological polar surface area (TPSA) is 60.0 Å². The number of urea groups is 1. The van der Waals surface area contributed by atoms with E-state index in [1.807, 2.05) is 4.90 Å². The zero-order valence-electron chi connectivity index (χ0n) is 15.5. The smallest absolute Gasteiger partial charge is 0.322 e. The van der Waals surface area contributed by atoms with Crippen LogP contribution in [-0.4, -0.2) is 49.4 Å². The maximum atomic E-state index is 13.1. The second kappa shape index (κ2) is 8.57. The molecule has 2 aliphatic heterocycles. The van der Waals surface area contributed by atoms with Gasteiger partial charge in [-0.2, -0.15) is 0 Å². The Morgan fingerprint density at radius 2 is 1.78 bits per heavy atom. The highest BCUT2D eigenvalue weighted by Crippen LogP contribution is 2.38. The van der Waals surface area contributed by atoms with Gasteiger partial charge in [0.05, 0.1) is 30.0 Å². The van der Waals surface area contributed by atoms with Gasteiger partial charge in [-0.25, -0.2) is 4.79 Å². The molecule has 27 heavy (non-hydrogen) atoms. The zero-order valence-corrected chi connectivity index (χ0v) is 16.3. The van der Waals surface area contributed by atoms with Crippen LogP contribution in [0.3, 0.4) is 0 Å². The van der Waals surface area contributed by atoms with Crippen molar-refractivity contribution in [1.82, 2.24) is 4.90 Å². The van der Waals surface area contributed by atoms with E-state index in [1.54, 1.807) is 12.1 Å². The molecule has 6 nitrogen and oxygen atoms in total. The molecular weight excluding hydrogens is 368 g/mol. The van der Waals surface area contributed by atoms with Crippen molar-refractivity contribution in [1.29, 1.82) is 0 Å². The molecule has 1 aliphatic carbocycles. The third kappa shape index (κ3) is 4.43. The van der Waals surface area contributed by atoms with Crippen LogP contribution in [0.15, 0.2) is 12.1 Å². The predicted octanol–water partition coefficient (Wildman–Crippen LogP) is 4.46. The van der Waals surface area contributed by atoms with Crippen molar-refractivity contribution in [3.63, 3.8) is 0 Å². The number of halogens is 1. The Kier molecular flexibility index (Phi) is 5.93. The highest BCUT2D eigenvalue weighted by Gasteiger charge is 2.31. The lowest BCUT2D eigenvalue weighted by Crippen LogP contribution is -2.45. The number of hydrogen-bond acceptors (Lipinski definition) is 4. The molecule has 2 amide bonds. The van der Waals surface area contributed by atoms with Crippen LogP contribution in [0.1, 0.15) is 44.9 Å². The van der Waals surface area contributed by atoms with Crippen LogP contribution >= 0.6 is 11.6 Å². The molecule has 4 rings (SSSR count).